The fourth-order valence-corrected chi connectivity index (χ4v) is 4.04. The molecule has 5 heterocycles. The molecule has 1 aliphatic heterocycles. The van der Waals surface area contributed by atoms with Crippen molar-refractivity contribution in [2.45, 2.75) is 12.8 Å². The van der Waals surface area contributed by atoms with Gasteiger partial charge in [-0.3, -0.25) is 4.98 Å². The molecule has 4 aromatic heterocycles. The van der Waals surface area contributed by atoms with Gasteiger partial charge in [-0.2, -0.15) is 9.97 Å². The second kappa shape index (κ2) is 8.78. The number of nitrogens with zero attached hydrogens (tertiary/aromatic N) is 7. The zero-order valence-corrected chi connectivity index (χ0v) is 18.7. The third-order valence-corrected chi connectivity index (χ3v) is 5.70. The van der Waals surface area contributed by atoms with E-state index in [-0.39, 0.29) is 11.6 Å². The fraction of sp³-hybridized carbons (Fsp3) is 0.318. The summed E-state index contributed by atoms with van der Waals surface area (Å²) in [4.78, 5) is 23.9. The van der Waals surface area contributed by atoms with E-state index in [1.807, 2.05) is 13.1 Å². The van der Waals surface area contributed by atoms with Crippen molar-refractivity contribution in [3.05, 3.63) is 53.7 Å². The Morgan fingerprint density at radius 3 is 2.62 bits per heavy atom. The van der Waals surface area contributed by atoms with Crippen LogP contribution in [-0.4, -0.2) is 55.8 Å². The molecule has 1 fully saturated rings. The van der Waals surface area contributed by atoms with E-state index in [2.05, 4.69) is 30.2 Å². The number of imidazole rings is 1. The summed E-state index contributed by atoms with van der Waals surface area (Å²) in [6.45, 7) is 4.22. The molecule has 3 N–H and O–H groups in total. The smallest absolute Gasteiger partial charge is 0.224 e. The SMILES string of the molecule is C[C@H](c1ncc(F)cc1F)c1cc(N2CCOCC2)nc2nc(N)nc(Nc3cn(C)cn3)c12. The van der Waals surface area contributed by atoms with E-state index in [0.717, 1.165) is 12.3 Å². The highest BCUT2D eigenvalue weighted by atomic mass is 19.1. The number of fused-ring (bicyclic) bond motifs is 1. The summed E-state index contributed by atoms with van der Waals surface area (Å²) in [5.41, 5.74) is 7.13. The maximum atomic E-state index is 14.7. The summed E-state index contributed by atoms with van der Waals surface area (Å²) in [5, 5.41) is 3.72. The van der Waals surface area contributed by atoms with Gasteiger partial charge in [-0.25, -0.2) is 18.7 Å². The van der Waals surface area contributed by atoms with Gasteiger partial charge in [0, 0.05) is 38.3 Å². The van der Waals surface area contributed by atoms with Crippen LogP contribution in [0.2, 0.25) is 0 Å². The number of morpholine rings is 1. The van der Waals surface area contributed by atoms with Crippen molar-refractivity contribution in [1.82, 2.24) is 29.5 Å². The molecule has 0 radical (unpaired) electrons. The van der Waals surface area contributed by atoms with E-state index < -0.39 is 17.6 Å². The van der Waals surface area contributed by atoms with Gasteiger partial charge in [-0.1, -0.05) is 6.92 Å². The zero-order chi connectivity index (χ0) is 23.8. The Balaban J connectivity index is 1.71. The Labute approximate surface area is 193 Å². The number of halogens is 2. The highest BCUT2D eigenvalue weighted by Crippen LogP contribution is 2.36. The molecule has 34 heavy (non-hydrogen) atoms. The van der Waals surface area contributed by atoms with Gasteiger partial charge < -0.3 is 25.3 Å². The molecular weight excluding hydrogens is 444 g/mol. The van der Waals surface area contributed by atoms with Crippen molar-refractivity contribution in [3.63, 3.8) is 0 Å². The van der Waals surface area contributed by atoms with Gasteiger partial charge in [0.2, 0.25) is 5.95 Å². The van der Waals surface area contributed by atoms with Crippen molar-refractivity contribution in [3.8, 4) is 0 Å². The molecule has 12 heteroatoms. The lowest BCUT2D eigenvalue weighted by molar-refractivity contribution is 0.122. The minimum atomic E-state index is -0.740. The van der Waals surface area contributed by atoms with Gasteiger partial charge in [0.15, 0.2) is 5.65 Å². The largest absolute Gasteiger partial charge is 0.378 e. The third-order valence-electron chi connectivity index (χ3n) is 5.70. The number of rotatable bonds is 5. The van der Waals surface area contributed by atoms with Crippen molar-refractivity contribution in [1.29, 1.82) is 0 Å². The zero-order valence-electron chi connectivity index (χ0n) is 18.7. The highest BCUT2D eigenvalue weighted by Gasteiger charge is 2.25. The minimum Gasteiger partial charge on any atom is -0.378 e. The number of pyridine rings is 2. The Hall–Kier alpha value is -3.93. The van der Waals surface area contributed by atoms with Gasteiger partial charge >= 0.3 is 0 Å². The van der Waals surface area contributed by atoms with Gasteiger partial charge in [0.05, 0.1) is 36.8 Å². The molecule has 0 spiro atoms. The average molecular weight is 467 g/mol. The first-order valence-corrected chi connectivity index (χ1v) is 10.8. The second-order valence-corrected chi connectivity index (χ2v) is 8.09. The molecule has 0 amide bonds. The lowest BCUT2D eigenvalue weighted by Gasteiger charge is -2.29. The molecular formula is C22H23F2N9O. The van der Waals surface area contributed by atoms with Crippen LogP contribution in [0.1, 0.15) is 24.1 Å². The van der Waals surface area contributed by atoms with Crippen LogP contribution in [0.3, 0.4) is 0 Å². The molecule has 0 saturated carbocycles. The predicted molar refractivity (Wildman–Crippen MR) is 123 cm³/mol. The molecule has 0 aliphatic carbocycles. The first kappa shape index (κ1) is 21.9. The number of nitrogens with one attached hydrogen (secondary N) is 1. The van der Waals surface area contributed by atoms with Gasteiger partial charge in [0.25, 0.3) is 0 Å². The van der Waals surface area contributed by atoms with E-state index in [1.54, 1.807) is 24.0 Å². The van der Waals surface area contributed by atoms with E-state index in [4.69, 9.17) is 15.5 Å². The molecule has 1 aliphatic rings. The normalized spacial score (nSPS) is 15.0. The van der Waals surface area contributed by atoms with E-state index in [1.165, 1.54) is 0 Å². The van der Waals surface area contributed by atoms with Gasteiger partial charge in [0.1, 0.15) is 29.1 Å². The van der Waals surface area contributed by atoms with Gasteiger partial charge in [-0.15, -0.1) is 0 Å². The summed E-state index contributed by atoms with van der Waals surface area (Å²) in [7, 11) is 1.84. The maximum absolute atomic E-state index is 14.7. The van der Waals surface area contributed by atoms with Crippen LogP contribution in [0, 0.1) is 11.6 Å². The van der Waals surface area contributed by atoms with Crippen molar-refractivity contribution < 1.29 is 13.5 Å². The number of aromatic nitrogens is 6. The predicted octanol–water partition coefficient (Wildman–Crippen LogP) is 2.75. The highest BCUT2D eigenvalue weighted by molar-refractivity contribution is 5.94. The van der Waals surface area contributed by atoms with E-state index in [0.29, 0.717) is 60.4 Å². The molecule has 0 unspecified atom stereocenters. The van der Waals surface area contributed by atoms with Gasteiger partial charge in [-0.05, 0) is 11.6 Å². The molecule has 10 nitrogen and oxygen atoms in total. The number of hydrogen-bond donors (Lipinski definition) is 2. The molecule has 1 atom stereocenters. The number of hydrogen-bond acceptors (Lipinski definition) is 9. The van der Waals surface area contributed by atoms with Crippen molar-refractivity contribution in [2.24, 2.45) is 7.05 Å². The second-order valence-electron chi connectivity index (χ2n) is 8.09. The Morgan fingerprint density at radius 1 is 1.12 bits per heavy atom. The molecule has 176 valence electrons. The van der Waals surface area contributed by atoms with E-state index >= 15 is 0 Å². The van der Waals surface area contributed by atoms with Crippen LogP contribution in [0.4, 0.5) is 32.2 Å². The number of nitrogen functional groups attached to an aromatic ring is 1. The lowest BCUT2D eigenvalue weighted by Crippen LogP contribution is -2.36. The minimum absolute atomic E-state index is 0.0299. The molecule has 0 bridgehead atoms. The first-order chi connectivity index (χ1) is 16.4. The number of anilines is 4. The first-order valence-electron chi connectivity index (χ1n) is 10.8. The quantitative estimate of drug-likeness (QED) is 0.456. The van der Waals surface area contributed by atoms with Crippen LogP contribution in [0.25, 0.3) is 11.0 Å². The molecule has 1 saturated heterocycles. The monoisotopic (exact) mass is 467 g/mol. The molecule has 0 aromatic carbocycles. The maximum Gasteiger partial charge on any atom is 0.224 e. The Morgan fingerprint density at radius 2 is 1.91 bits per heavy atom. The van der Waals surface area contributed by atoms with Crippen molar-refractivity contribution in [2.75, 3.05) is 42.3 Å². The molecule has 4 aromatic rings. The summed E-state index contributed by atoms with van der Waals surface area (Å²) in [5.74, 6) is -0.432. The summed E-state index contributed by atoms with van der Waals surface area (Å²) in [6, 6.07) is 2.69. The number of aryl methyl sites for hydroxylation is 1. The van der Waals surface area contributed by atoms with E-state index in [9.17, 15) is 8.78 Å². The van der Waals surface area contributed by atoms with Crippen LogP contribution in [0.5, 0.6) is 0 Å². The lowest BCUT2D eigenvalue weighted by atomic mass is 9.94. The topological polar surface area (TPSA) is 120 Å². The van der Waals surface area contributed by atoms with Crippen LogP contribution in [-0.2, 0) is 11.8 Å². The summed E-state index contributed by atoms with van der Waals surface area (Å²) in [6.07, 6.45) is 4.43. The van der Waals surface area contributed by atoms with Crippen LogP contribution < -0.4 is 16.0 Å². The molecule has 5 rings (SSSR count). The third kappa shape index (κ3) is 4.19. The van der Waals surface area contributed by atoms with Crippen LogP contribution >= 0.6 is 0 Å². The summed E-state index contributed by atoms with van der Waals surface area (Å²) >= 11 is 0. The van der Waals surface area contributed by atoms with Crippen molar-refractivity contribution >= 4 is 34.4 Å². The fourth-order valence-electron chi connectivity index (χ4n) is 4.04. The summed E-state index contributed by atoms with van der Waals surface area (Å²) < 4.78 is 35.5. The Bertz CT molecular complexity index is 1350. The average Bonchev–Trinajstić information content (AvgIpc) is 3.22. The standard InChI is InChI=1S/C22H23F2N9O/c1-12(19-15(24)7-13(23)9-26-19)14-8-17(33-3-5-34-6-4-33)29-21-18(14)20(30-22(25)31-21)28-16-10-32(2)11-27-16/h7-12H,3-6H2,1-2H3,(H3,25,28,29,30,31)/t12-/m0/s1. The number of ether oxygens (including phenoxy) is 1. The Kier molecular flexibility index (Phi) is 5.65. The number of nitrogens with two attached hydrogens (primary N) is 1. The van der Waals surface area contributed by atoms with Crippen LogP contribution in [0.15, 0.2) is 30.9 Å².